The second-order valence-electron chi connectivity index (χ2n) is 4.41. The Morgan fingerprint density at radius 2 is 1.89 bits per heavy atom. The summed E-state index contributed by atoms with van der Waals surface area (Å²) in [5.41, 5.74) is 1.64. The number of halogens is 1. The van der Waals surface area contributed by atoms with E-state index in [9.17, 15) is 9.18 Å². The molecule has 0 unspecified atom stereocenters. The normalized spacial score (nSPS) is 10.8. The molecule has 2 nitrogen and oxygen atoms in total. The van der Waals surface area contributed by atoms with Crippen molar-refractivity contribution in [2.75, 3.05) is 0 Å². The standard InChI is InChI=1S/C16H11FO2/c1-10-5-4-6-11-9-14(19-16(10)11)15(18)12-7-2-3-8-13(12)17/h2-9H,1H3. The van der Waals surface area contributed by atoms with Crippen LogP contribution >= 0.6 is 0 Å². The lowest BCUT2D eigenvalue weighted by Crippen LogP contribution is -2.02. The molecule has 1 aromatic heterocycles. The van der Waals surface area contributed by atoms with Gasteiger partial charge in [-0.3, -0.25) is 4.79 Å². The van der Waals surface area contributed by atoms with E-state index < -0.39 is 11.6 Å². The fourth-order valence-electron chi connectivity index (χ4n) is 2.10. The van der Waals surface area contributed by atoms with Crippen LogP contribution in [0.25, 0.3) is 11.0 Å². The molecule has 0 atom stereocenters. The van der Waals surface area contributed by atoms with Crippen LogP contribution in [0.4, 0.5) is 4.39 Å². The number of furan rings is 1. The summed E-state index contributed by atoms with van der Waals surface area (Å²) in [6.07, 6.45) is 0. The highest BCUT2D eigenvalue weighted by atomic mass is 19.1. The van der Waals surface area contributed by atoms with Crippen molar-refractivity contribution >= 4 is 16.8 Å². The van der Waals surface area contributed by atoms with Crippen LogP contribution < -0.4 is 0 Å². The van der Waals surface area contributed by atoms with E-state index in [1.54, 1.807) is 18.2 Å². The van der Waals surface area contributed by atoms with E-state index in [2.05, 4.69) is 0 Å². The zero-order valence-electron chi connectivity index (χ0n) is 10.3. The molecule has 0 aliphatic heterocycles. The Labute approximate surface area is 109 Å². The SMILES string of the molecule is Cc1cccc2cc(C(=O)c3ccccc3F)oc12. The first-order chi connectivity index (χ1) is 9.16. The Morgan fingerprint density at radius 1 is 1.11 bits per heavy atom. The van der Waals surface area contributed by atoms with Crippen LogP contribution in [-0.4, -0.2) is 5.78 Å². The van der Waals surface area contributed by atoms with E-state index in [0.29, 0.717) is 5.58 Å². The molecule has 0 aliphatic carbocycles. The van der Waals surface area contributed by atoms with E-state index in [-0.39, 0.29) is 11.3 Å². The van der Waals surface area contributed by atoms with E-state index in [4.69, 9.17) is 4.42 Å². The molecule has 0 amide bonds. The Hall–Kier alpha value is -2.42. The monoisotopic (exact) mass is 254 g/mol. The Bertz CT molecular complexity index is 771. The number of aryl methyl sites for hydroxylation is 1. The van der Waals surface area contributed by atoms with Crippen molar-refractivity contribution < 1.29 is 13.6 Å². The van der Waals surface area contributed by atoms with Gasteiger partial charge in [0.1, 0.15) is 11.4 Å². The Kier molecular flexibility index (Phi) is 2.67. The van der Waals surface area contributed by atoms with Crippen molar-refractivity contribution in [1.29, 1.82) is 0 Å². The maximum Gasteiger partial charge on any atom is 0.231 e. The summed E-state index contributed by atoms with van der Waals surface area (Å²) in [5.74, 6) is -0.812. The second-order valence-corrected chi connectivity index (χ2v) is 4.41. The maximum absolute atomic E-state index is 13.6. The van der Waals surface area contributed by atoms with Gasteiger partial charge in [-0.05, 0) is 30.7 Å². The summed E-state index contributed by atoms with van der Waals surface area (Å²) in [5, 5.41) is 0.847. The molecule has 3 aromatic rings. The molecular weight excluding hydrogens is 243 g/mol. The zero-order valence-corrected chi connectivity index (χ0v) is 10.3. The highest BCUT2D eigenvalue weighted by molar-refractivity contribution is 6.09. The van der Waals surface area contributed by atoms with Gasteiger partial charge in [0.25, 0.3) is 0 Å². The van der Waals surface area contributed by atoms with Crippen molar-refractivity contribution in [3.8, 4) is 0 Å². The number of hydrogen-bond acceptors (Lipinski definition) is 2. The minimum atomic E-state index is -0.537. The minimum absolute atomic E-state index is 0.0270. The van der Waals surface area contributed by atoms with Crippen LogP contribution in [-0.2, 0) is 0 Å². The summed E-state index contributed by atoms with van der Waals surface area (Å²) in [7, 11) is 0. The average molecular weight is 254 g/mol. The van der Waals surface area contributed by atoms with Gasteiger partial charge < -0.3 is 4.42 Å². The summed E-state index contributed by atoms with van der Waals surface area (Å²) >= 11 is 0. The van der Waals surface area contributed by atoms with Crippen molar-refractivity contribution in [2.45, 2.75) is 6.92 Å². The number of ketones is 1. The van der Waals surface area contributed by atoms with Gasteiger partial charge in [-0.15, -0.1) is 0 Å². The van der Waals surface area contributed by atoms with E-state index in [1.165, 1.54) is 12.1 Å². The van der Waals surface area contributed by atoms with Crippen LogP contribution in [0.3, 0.4) is 0 Å². The van der Waals surface area contributed by atoms with E-state index in [1.807, 2.05) is 25.1 Å². The smallest absolute Gasteiger partial charge is 0.231 e. The lowest BCUT2D eigenvalue weighted by molar-refractivity contribution is 0.101. The molecule has 0 saturated carbocycles. The first kappa shape index (κ1) is 11.7. The highest BCUT2D eigenvalue weighted by Gasteiger charge is 2.18. The third kappa shape index (κ3) is 1.93. The summed E-state index contributed by atoms with van der Waals surface area (Å²) < 4.78 is 19.2. The molecule has 19 heavy (non-hydrogen) atoms. The molecule has 0 aliphatic rings. The maximum atomic E-state index is 13.6. The van der Waals surface area contributed by atoms with Gasteiger partial charge >= 0.3 is 0 Å². The molecule has 1 heterocycles. The third-order valence-electron chi connectivity index (χ3n) is 3.08. The van der Waals surface area contributed by atoms with Crippen LogP contribution in [0.2, 0.25) is 0 Å². The average Bonchev–Trinajstić information content (AvgIpc) is 2.84. The number of carbonyl (C=O) groups is 1. The Balaban J connectivity index is 2.12. The predicted octanol–water partition coefficient (Wildman–Crippen LogP) is 4.11. The fraction of sp³-hybridized carbons (Fsp3) is 0.0625. The molecule has 3 heteroatoms. The molecule has 0 saturated heterocycles. The topological polar surface area (TPSA) is 30.2 Å². The van der Waals surface area contributed by atoms with Crippen molar-refractivity contribution in [1.82, 2.24) is 0 Å². The van der Waals surface area contributed by atoms with Gasteiger partial charge in [0, 0.05) is 5.39 Å². The number of rotatable bonds is 2. The minimum Gasteiger partial charge on any atom is -0.452 e. The van der Waals surface area contributed by atoms with Crippen molar-refractivity contribution in [3.05, 3.63) is 71.2 Å². The number of carbonyl (C=O) groups excluding carboxylic acids is 1. The van der Waals surface area contributed by atoms with Gasteiger partial charge in [-0.2, -0.15) is 0 Å². The Morgan fingerprint density at radius 3 is 2.63 bits per heavy atom. The molecule has 2 aromatic carbocycles. The molecule has 3 rings (SSSR count). The number of hydrogen-bond donors (Lipinski definition) is 0. The van der Waals surface area contributed by atoms with Crippen LogP contribution in [0.15, 0.2) is 52.9 Å². The van der Waals surface area contributed by atoms with E-state index in [0.717, 1.165) is 10.9 Å². The quantitative estimate of drug-likeness (QED) is 0.644. The number of fused-ring (bicyclic) bond motifs is 1. The number of para-hydroxylation sites is 1. The molecular formula is C16H11FO2. The molecule has 0 fully saturated rings. The van der Waals surface area contributed by atoms with E-state index >= 15 is 0 Å². The van der Waals surface area contributed by atoms with Crippen molar-refractivity contribution in [3.63, 3.8) is 0 Å². The number of benzene rings is 2. The first-order valence-electron chi connectivity index (χ1n) is 5.95. The van der Waals surface area contributed by atoms with Gasteiger partial charge in [0.05, 0.1) is 5.56 Å². The lowest BCUT2D eigenvalue weighted by Gasteiger charge is -1.98. The molecule has 0 N–H and O–H groups in total. The fourth-order valence-corrected chi connectivity index (χ4v) is 2.10. The largest absolute Gasteiger partial charge is 0.452 e. The van der Waals surface area contributed by atoms with Crippen molar-refractivity contribution in [2.24, 2.45) is 0 Å². The van der Waals surface area contributed by atoms with Gasteiger partial charge in [-0.1, -0.05) is 30.3 Å². The first-order valence-corrected chi connectivity index (χ1v) is 5.95. The van der Waals surface area contributed by atoms with Crippen LogP contribution in [0.5, 0.6) is 0 Å². The molecule has 0 radical (unpaired) electrons. The predicted molar refractivity (Wildman–Crippen MR) is 70.8 cm³/mol. The molecule has 0 spiro atoms. The third-order valence-corrected chi connectivity index (χ3v) is 3.08. The van der Waals surface area contributed by atoms with Gasteiger partial charge in [0.15, 0.2) is 5.76 Å². The summed E-state index contributed by atoms with van der Waals surface area (Å²) in [6, 6.07) is 13.2. The highest BCUT2D eigenvalue weighted by Crippen LogP contribution is 2.24. The zero-order chi connectivity index (χ0) is 13.4. The van der Waals surface area contributed by atoms with Crippen LogP contribution in [0, 0.1) is 12.7 Å². The summed E-state index contributed by atoms with van der Waals surface area (Å²) in [6.45, 7) is 1.91. The van der Waals surface area contributed by atoms with Gasteiger partial charge in [-0.25, -0.2) is 4.39 Å². The van der Waals surface area contributed by atoms with Crippen LogP contribution in [0.1, 0.15) is 21.7 Å². The van der Waals surface area contributed by atoms with Gasteiger partial charge in [0.2, 0.25) is 5.78 Å². The lowest BCUT2D eigenvalue weighted by atomic mass is 10.1. The molecule has 94 valence electrons. The molecule has 0 bridgehead atoms. The summed E-state index contributed by atoms with van der Waals surface area (Å²) in [4.78, 5) is 12.2. The second kappa shape index (κ2) is 4.35.